The highest BCUT2D eigenvalue weighted by molar-refractivity contribution is 4.91. The van der Waals surface area contributed by atoms with Crippen molar-refractivity contribution >= 4 is 0 Å². The van der Waals surface area contributed by atoms with Crippen molar-refractivity contribution in [1.29, 1.82) is 0 Å². The van der Waals surface area contributed by atoms with Gasteiger partial charge in [0.15, 0.2) is 0 Å². The van der Waals surface area contributed by atoms with Crippen molar-refractivity contribution in [2.75, 3.05) is 19.8 Å². The van der Waals surface area contributed by atoms with Crippen LogP contribution in [0.1, 0.15) is 20.3 Å². The summed E-state index contributed by atoms with van der Waals surface area (Å²) in [5, 5.41) is 9.69. The predicted molar refractivity (Wildman–Crippen MR) is 50.6 cm³/mol. The van der Waals surface area contributed by atoms with Crippen LogP contribution in [-0.2, 0) is 4.74 Å². The van der Waals surface area contributed by atoms with E-state index >= 15 is 0 Å². The first-order valence-corrected chi connectivity index (χ1v) is 5.20. The molecule has 2 saturated heterocycles. The Morgan fingerprint density at radius 1 is 1.31 bits per heavy atom. The van der Waals surface area contributed by atoms with E-state index in [0.717, 1.165) is 12.5 Å². The van der Waals surface area contributed by atoms with Crippen LogP contribution in [0.5, 0.6) is 0 Å². The maximum absolute atomic E-state index is 9.69. The van der Waals surface area contributed by atoms with Gasteiger partial charge in [-0.2, -0.15) is 0 Å². The molecule has 2 heterocycles. The van der Waals surface area contributed by atoms with Crippen molar-refractivity contribution in [3.05, 3.63) is 0 Å². The summed E-state index contributed by atoms with van der Waals surface area (Å²) in [5.74, 6) is 0.766. The van der Waals surface area contributed by atoms with E-state index < -0.39 is 0 Å². The molecule has 0 saturated carbocycles. The Balaban J connectivity index is 1.99. The number of hydrogen-bond donors (Lipinski definition) is 1. The largest absolute Gasteiger partial charge is 0.389 e. The molecule has 3 heteroatoms. The lowest BCUT2D eigenvalue weighted by atomic mass is 10.1. The summed E-state index contributed by atoms with van der Waals surface area (Å²) in [6.45, 7) is 6.86. The van der Waals surface area contributed by atoms with Gasteiger partial charge in [-0.25, -0.2) is 0 Å². The number of ether oxygens (including phenoxy) is 1. The van der Waals surface area contributed by atoms with E-state index in [1.807, 2.05) is 0 Å². The quantitative estimate of drug-likeness (QED) is 0.645. The lowest BCUT2D eigenvalue weighted by molar-refractivity contribution is 0.0773. The van der Waals surface area contributed by atoms with Gasteiger partial charge in [-0.1, -0.05) is 6.92 Å². The Kier molecular flexibility index (Phi) is 2.58. The highest BCUT2D eigenvalue weighted by Gasteiger charge is 2.38. The molecular formula is C10H19NO2. The third-order valence-corrected chi connectivity index (χ3v) is 3.28. The number of aliphatic hydroxyl groups is 1. The third kappa shape index (κ3) is 1.73. The first-order valence-electron chi connectivity index (χ1n) is 5.20. The second-order valence-electron chi connectivity index (χ2n) is 4.56. The molecule has 4 unspecified atom stereocenters. The van der Waals surface area contributed by atoms with Gasteiger partial charge < -0.3 is 9.84 Å². The zero-order chi connectivity index (χ0) is 9.42. The Labute approximate surface area is 79.7 Å². The molecule has 0 radical (unpaired) electrons. The van der Waals surface area contributed by atoms with Crippen molar-refractivity contribution in [2.24, 2.45) is 5.92 Å². The molecule has 2 aliphatic rings. The molecule has 0 aromatic carbocycles. The molecule has 1 N–H and O–H groups in total. The first-order chi connectivity index (χ1) is 6.18. The summed E-state index contributed by atoms with van der Waals surface area (Å²) < 4.78 is 5.27. The fraction of sp³-hybridized carbons (Fsp3) is 1.00. The standard InChI is InChI=1S/C10H19NO2/c1-7-3-8(2)11(4-7)9-5-13-6-10(9)12/h7-10,12H,3-6H2,1-2H3. The van der Waals surface area contributed by atoms with Crippen LogP contribution in [0.15, 0.2) is 0 Å². The summed E-state index contributed by atoms with van der Waals surface area (Å²) in [7, 11) is 0. The van der Waals surface area contributed by atoms with Crippen LogP contribution in [0, 0.1) is 5.92 Å². The summed E-state index contributed by atoms with van der Waals surface area (Å²) >= 11 is 0. The van der Waals surface area contributed by atoms with E-state index in [2.05, 4.69) is 18.7 Å². The Morgan fingerprint density at radius 2 is 2.08 bits per heavy atom. The van der Waals surface area contributed by atoms with Gasteiger partial charge in [0.1, 0.15) is 0 Å². The molecule has 0 spiro atoms. The highest BCUT2D eigenvalue weighted by Crippen LogP contribution is 2.27. The minimum absolute atomic E-state index is 0.250. The number of nitrogens with zero attached hydrogens (tertiary/aromatic N) is 1. The summed E-state index contributed by atoms with van der Waals surface area (Å²) in [4.78, 5) is 2.41. The molecule has 0 aromatic rings. The minimum atomic E-state index is -0.271. The molecule has 0 aliphatic carbocycles. The highest BCUT2D eigenvalue weighted by atomic mass is 16.5. The zero-order valence-electron chi connectivity index (χ0n) is 8.44. The van der Waals surface area contributed by atoms with Gasteiger partial charge in [-0.3, -0.25) is 4.90 Å². The maximum atomic E-state index is 9.69. The van der Waals surface area contributed by atoms with Crippen LogP contribution in [0.4, 0.5) is 0 Å². The molecule has 2 rings (SSSR count). The molecule has 0 aromatic heterocycles. The summed E-state index contributed by atoms with van der Waals surface area (Å²) in [6.07, 6.45) is 0.983. The molecule has 0 bridgehead atoms. The van der Waals surface area contributed by atoms with Gasteiger partial charge in [0.25, 0.3) is 0 Å². The second-order valence-corrected chi connectivity index (χ2v) is 4.56. The first kappa shape index (κ1) is 9.44. The normalized spacial score (nSPS) is 47.3. The van der Waals surface area contributed by atoms with Crippen LogP contribution >= 0.6 is 0 Å². The van der Waals surface area contributed by atoms with Crippen molar-refractivity contribution in [1.82, 2.24) is 4.90 Å². The SMILES string of the molecule is CC1CC(C)N(C2COCC2O)C1. The summed E-state index contributed by atoms with van der Waals surface area (Å²) in [6, 6.07) is 0.858. The van der Waals surface area contributed by atoms with Crippen LogP contribution in [-0.4, -0.2) is 48.0 Å². The van der Waals surface area contributed by atoms with Gasteiger partial charge in [-0.15, -0.1) is 0 Å². The molecule has 2 aliphatic heterocycles. The van der Waals surface area contributed by atoms with E-state index in [0.29, 0.717) is 19.3 Å². The lowest BCUT2D eigenvalue weighted by Crippen LogP contribution is -2.44. The number of rotatable bonds is 1. The molecule has 2 fully saturated rings. The van der Waals surface area contributed by atoms with E-state index in [-0.39, 0.29) is 12.1 Å². The van der Waals surface area contributed by atoms with Gasteiger partial charge >= 0.3 is 0 Å². The Hall–Kier alpha value is -0.120. The van der Waals surface area contributed by atoms with Crippen LogP contribution < -0.4 is 0 Å². The predicted octanol–water partition coefficient (Wildman–Crippen LogP) is 0.476. The van der Waals surface area contributed by atoms with Crippen LogP contribution in [0.25, 0.3) is 0 Å². The fourth-order valence-electron chi connectivity index (χ4n) is 2.64. The van der Waals surface area contributed by atoms with Gasteiger partial charge in [0.05, 0.1) is 25.4 Å². The molecule has 76 valence electrons. The van der Waals surface area contributed by atoms with E-state index in [1.165, 1.54) is 6.42 Å². The smallest absolute Gasteiger partial charge is 0.0950 e. The monoisotopic (exact) mass is 185 g/mol. The third-order valence-electron chi connectivity index (χ3n) is 3.28. The summed E-state index contributed by atoms with van der Waals surface area (Å²) in [5.41, 5.74) is 0. The molecule has 3 nitrogen and oxygen atoms in total. The lowest BCUT2D eigenvalue weighted by Gasteiger charge is -2.29. The number of aliphatic hydroxyl groups excluding tert-OH is 1. The van der Waals surface area contributed by atoms with Crippen molar-refractivity contribution in [3.63, 3.8) is 0 Å². The van der Waals surface area contributed by atoms with Crippen molar-refractivity contribution in [3.8, 4) is 0 Å². The molecule has 0 amide bonds. The second kappa shape index (κ2) is 3.56. The molecule has 13 heavy (non-hydrogen) atoms. The Bertz CT molecular complexity index is 186. The van der Waals surface area contributed by atoms with Crippen molar-refractivity contribution < 1.29 is 9.84 Å². The number of hydrogen-bond acceptors (Lipinski definition) is 3. The van der Waals surface area contributed by atoms with Crippen LogP contribution in [0.2, 0.25) is 0 Å². The molecule has 4 atom stereocenters. The van der Waals surface area contributed by atoms with Gasteiger partial charge in [0, 0.05) is 12.6 Å². The fourth-order valence-corrected chi connectivity index (χ4v) is 2.64. The van der Waals surface area contributed by atoms with Crippen LogP contribution in [0.3, 0.4) is 0 Å². The number of likely N-dealkylation sites (tertiary alicyclic amines) is 1. The molecular weight excluding hydrogens is 166 g/mol. The van der Waals surface area contributed by atoms with Gasteiger partial charge in [-0.05, 0) is 19.3 Å². The van der Waals surface area contributed by atoms with Gasteiger partial charge in [0.2, 0.25) is 0 Å². The maximum Gasteiger partial charge on any atom is 0.0950 e. The average molecular weight is 185 g/mol. The average Bonchev–Trinajstić information content (AvgIpc) is 2.58. The van der Waals surface area contributed by atoms with E-state index in [4.69, 9.17) is 4.74 Å². The van der Waals surface area contributed by atoms with Crippen molar-refractivity contribution in [2.45, 2.75) is 38.5 Å². The minimum Gasteiger partial charge on any atom is -0.389 e. The zero-order valence-corrected chi connectivity index (χ0v) is 8.44. The Morgan fingerprint density at radius 3 is 2.54 bits per heavy atom. The van der Waals surface area contributed by atoms with E-state index in [1.54, 1.807) is 0 Å². The topological polar surface area (TPSA) is 32.7 Å². The van der Waals surface area contributed by atoms with E-state index in [9.17, 15) is 5.11 Å².